The highest BCUT2D eigenvalue weighted by molar-refractivity contribution is 9.10. The van der Waals surface area contributed by atoms with Gasteiger partial charge >= 0.3 is 0 Å². The summed E-state index contributed by atoms with van der Waals surface area (Å²) in [6.45, 7) is 1.95. The molecule has 98 valence electrons. The number of ether oxygens (including phenoxy) is 1. The third-order valence-corrected chi connectivity index (χ3v) is 3.84. The maximum Gasteiger partial charge on any atom is 0.128 e. The van der Waals surface area contributed by atoms with Crippen LogP contribution in [0.4, 0.5) is 0 Å². The van der Waals surface area contributed by atoms with E-state index in [4.69, 9.17) is 4.74 Å². The zero-order valence-electron chi connectivity index (χ0n) is 10.5. The van der Waals surface area contributed by atoms with Crippen molar-refractivity contribution in [2.75, 3.05) is 0 Å². The fourth-order valence-corrected chi connectivity index (χ4v) is 2.67. The van der Waals surface area contributed by atoms with Crippen LogP contribution < -0.4 is 4.74 Å². The molecule has 19 heavy (non-hydrogen) atoms. The second kappa shape index (κ2) is 4.94. The van der Waals surface area contributed by atoms with Gasteiger partial charge in [0.1, 0.15) is 11.9 Å². The van der Waals surface area contributed by atoms with Gasteiger partial charge in [0, 0.05) is 33.9 Å². The zero-order chi connectivity index (χ0) is 13.4. The third kappa shape index (κ3) is 2.51. The van der Waals surface area contributed by atoms with Gasteiger partial charge in [-0.25, -0.2) is 0 Å². The van der Waals surface area contributed by atoms with Gasteiger partial charge in [-0.05, 0) is 31.2 Å². The van der Waals surface area contributed by atoms with E-state index in [2.05, 4.69) is 20.9 Å². The molecule has 0 radical (unpaired) electrons. The third-order valence-electron chi connectivity index (χ3n) is 3.34. The number of aryl methyl sites for hydroxylation is 1. The van der Waals surface area contributed by atoms with Crippen molar-refractivity contribution < 1.29 is 9.84 Å². The predicted octanol–water partition coefficient (Wildman–Crippen LogP) is 3.71. The molecule has 0 spiro atoms. The zero-order valence-corrected chi connectivity index (χ0v) is 12.1. The van der Waals surface area contributed by atoms with E-state index in [0.29, 0.717) is 6.42 Å². The molecule has 1 aliphatic rings. The molecular formula is C15H14BrNO2. The Kier molecular flexibility index (Phi) is 3.29. The van der Waals surface area contributed by atoms with Crippen molar-refractivity contribution in [1.82, 2.24) is 4.98 Å². The van der Waals surface area contributed by atoms with Gasteiger partial charge in [0.2, 0.25) is 0 Å². The predicted molar refractivity (Wildman–Crippen MR) is 76.1 cm³/mol. The number of aromatic nitrogens is 1. The molecular weight excluding hydrogens is 306 g/mol. The van der Waals surface area contributed by atoms with Crippen molar-refractivity contribution in [3.63, 3.8) is 0 Å². The van der Waals surface area contributed by atoms with E-state index in [1.54, 1.807) is 0 Å². The number of aliphatic hydroxyl groups is 1. The van der Waals surface area contributed by atoms with Gasteiger partial charge in [0.25, 0.3) is 0 Å². The Morgan fingerprint density at radius 2 is 2.16 bits per heavy atom. The number of halogens is 1. The summed E-state index contributed by atoms with van der Waals surface area (Å²) in [6, 6.07) is 9.67. The lowest BCUT2D eigenvalue weighted by molar-refractivity contribution is 0.0655. The number of rotatable bonds is 1. The smallest absolute Gasteiger partial charge is 0.128 e. The summed E-state index contributed by atoms with van der Waals surface area (Å²) < 4.78 is 6.91. The molecule has 1 aromatic heterocycles. The first kappa shape index (κ1) is 12.6. The highest BCUT2D eigenvalue weighted by Crippen LogP contribution is 2.41. The maximum absolute atomic E-state index is 10.3. The number of hydrogen-bond acceptors (Lipinski definition) is 3. The lowest BCUT2D eigenvalue weighted by Crippen LogP contribution is -2.19. The van der Waals surface area contributed by atoms with Crippen molar-refractivity contribution in [3.8, 4) is 5.75 Å². The number of nitrogens with zero attached hydrogens (tertiary/aromatic N) is 1. The van der Waals surface area contributed by atoms with E-state index in [1.165, 1.54) is 0 Å². The van der Waals surface area contributed by atoms with E-state index in [0.717, 1.165) is 27.0 Å². The van der Waals surface area contributed by atoms with Crippen LogP contribution in [0.1, 0.15) is 35.4 Å². The Balaban J connectivity index is 1.92. The van der Waals surface area contributed by atoms with Gasteiger partial charge in [-0.15, -0.1) is 0 Å². The van der Waals surface area contributed by atoms with Crippen LogP contribution in [0.25, 0.3) is 0 Å². The van der Waals surface area contributed by atoms with Gasteiger partial charge in [0.15, 0.2) is 0 Å². The largest absolute Gasteiger partial charge is 0.485 e. The molecule has 0 saturated heterocycles. The molecule has 1 aromatic carbocycles. The van der Waals surface area contributed by atoms with Crippen LogP contribution in [-0.4, -0.2) is 10.1 Å². The minimum Gasteiger partial charge on any atom is -0.485 e. The number of fused-ring (bicyclic) bond motifs is 1. The Bertz CT molecular complexity index is 598. The van der Waals surface area contributed by atoms with E-state index in [1.807, 2.05) is 43.5 Å². The Labute approximate surface area is 120 Å². The quantitative estimate of drug-likeness (QED) is 0.871. The molecule has 2 aromatic rings. The van der Waals surface area contributed by atoms with E-state index < -0.39 is 6.10 Å². The van der Waals surface area contributed by atoms with Crippen LogP contribution in [-0.2, 0) is 0 Å². The van der Waals surface area contributed by atoms with Gasteiger partial charge < -0.3 is 9.84 Å². The second-order valence-corrected chi connectivity index (χ2v) is 5.69. The number of benzene rings is 1. The Morgan fingerprint density at radius 1 is 1.32 bits per heavy atom. The summed E-state index contributed by atoms with van der Waals surface area (Å²) in [5.74, 6) is 0.743. The number of aliphatic hydroxyl groups excluding tert-OH is 1. The van der Waals surface area contributed by atoms with E-state index in [9.17, 15) is 5.11 Å². The normalized spacial score (nSPS) is 21.6. The molecule has 0 saturated carbocycles. The first-order chi connectivity index (χ1) is 9.13. The first-order valence-electron chi connectivity index (χ1n) is 6.20. The number of hydrogen-bond donors (Lipinski definition) is 1. The van der Waals surface area contributed by atoms with E-state index >= 15 is 0 Å². The number of pyridine rings is 1. The first-order valence-corrected chi connectivity index (χ1v) is 6.99. The summed E-state index contributed by atoms with van der Waals surface area (Å²) in [5.41, 5.74) is 2.81. The van der Waals surface area contributed by atoms with Crippen molar-refractivity contribution in [3.05, 3.63) is 57.8 Å². The minimum absolute atomic E-state index is 0.142. The molecule has 3 nitrogen and oxygen atoms in total. The van der Waals surface area contributed by atoms with Gasteiger partial charge in [0.05, 0.1) is 6.10 Å². The maximum atomic E-state index is 10.3. The van der Waals surface area contributed by atoms with Crippen molar-refractivity contribution >= 4 is 15.9 Å². The molecule has 1 unspecified atom stereocenters. The Morgan fingerprint density at radius 3 is 2.89 bits per heavy atom. The molecule has 0 aliphatic carbocycles. The van der Waals surface area contributed by atoms with Crippen molar-refractivity contribution in [1.29, 1.82) is 0 Å². The molecule has 2 heterocycles. The molecule has 0 fully saturated rings. The summed E-state index contributed by atoms with van der Waals surface area (Å²) in [6.07, 6.45) is 1.72. The van der Waals surface area contributed by atoms with Gasteiger partial charge in [-0.3, -0.25) is 4.98 Å². The molecule has 2 atom stereocenters. The minimum atomic E-state index is -0.507. The van der Waals surface area contributed by atoms with Crippen LogP contribution in [0.5, 0.6) is 5.75 Å². The molecule has 4 heteroatoms. The van der Waals surface area contributed by atoms with Crippen molar-refractivity contribution in [2.24, 2.45) is 0 Å². The van der Waals surface area contributed by atoms with Crippen LogP contribution >= 0.6 is 15.9 Å². The molecule has 3 rings (SSSR count). The standard InChI is InChI=1S/C15H14BrNO2/c1-9-2-3-10(8-17-9)15-7-13(18)12-6-11(16)4-5-14(12)19-15/h2-6,8,13,15,18H,7H2,1H3/t13-,15?/m0/s1. The monoisotopic (exact) mass is 319 g/mol. The molecule has 1 N–H and O–H groups in total. The Hall–Kier alpha value is -1.39. The van der Waals surface area contributed by atoms with Crippen LogP contribution in [0.2, 0.25) is 0 Å². The van der Waals surface area contributed by atoms with Crippen LogP contribution in [0.3, 0.4) is 0 Å². The van der Waals surface area contributed by atoms with E-state index in [-0.39, 0.29) is 6.10 Å². The molecule has 0 bridgehead atoms. The summed E-state index contributed by atoms with van der Waals surface area (Å²) >= 11 is 3.41. The van der Waals surface area contributed by atoms with Crippen molar-refractivity contribution in [2.45, 2.75) is 25.6 Å². The SMILES string of the molecule is Cc1ccc(C2C[C@H](O)c3cc(Br)ccc3O2)cn1. The highest BCUT2D eigenvalue weighted by Gasteiger charge is 2.28. The average Bonchev–Trinajstić information content (AvgIpc) is 2.40. The topological polar surface area (TPSA) is 42.4 Å². The molecule has 1 aliphatic heterocycles. The van der Waals surface area contributed by atoms with Crippen LogP contribution in [0, 0.1) is 6.92 Å². The lowest BCUT2D eigenvalue weighted by atomic mass is 9.96. The fourth-order valence-electron chi connectivity index (χ4n) is 2.29. The highest BCUT2D eigenvalue weighted by atomic mass is 79.9. The van der Waals surface area contributed by atoms with Gasteiger partial charge in [-0.1, -0.05) is 22.0 Å². The summed E-state index contributed by atoms with van der Waals surface area (Å²) in [7, 11) is 0. The molecule has 0 amide bonds. The summed E-state index contributed by atoms with van der Waals surface area (Å²) in [4.78, 5) is 4.28. The fraction of sp³-hybridized carbons (Fsp3) is 0.267. The average molecular weight is 320 g/mol. The van der Waals surface area contributed by atoms with Gasteiger partial charge in [-0.2, -0.15) is 0 Å². The summed E-state index contributed by atoms with van der Waals surface area (Å²) in [5, 5.41) is 10.3. The lowest BCUT2D eigenvalue weighted by Gasteiger charge is -2.29. The second-order valence-electron chi connectivity index (χ2n) is 4.77. The van der Waals surface area contributed by atoms with Crippen LogP contribution in [0.15, 0.2) is 41.0 Å².